The first kappa shape index (κ1) is 7.92. The van der Waals surface area contributed by atoms with Gasteiger partial charge in [0.25, 0.3) is 6.43 Å². The van der Waals surface area contributed by atoms with Crippen molar-refractivity contribution in [1.29, 1.82) is 0 Å². The van der Waals surface area contributed by atoms with Gasteiger partial charge < -0.3 is 5.73 Å². The van der Waals surface area contributed by atoms with Crippen LogP contribution in [0.4, 0.5) is 8.78 Å². The van der Waals surface area contributed by atoms with Crippen molar-refractivity contribution in [2.45, 2.75) is 38.2 Å². The monoisotopic (exact) mass is 149 g/mol. The lowest BCUT2D eigenvalue weighted by molar-refractivity contribution is 0.110. The van der Waals surface area contributed by atoms with E-state index < -0.39 is 12.5 Å². The number of alkyl halides is 2. The van der Waals surface area contributed by atoms with E-state index in [-0.39, 0.29) is 0 Å². The lowest BCUT2D eigenvalue weighted by Gasteiger charge is -2.08. The minimum absolute atomic E-state index is 0.488. The Balaban J connectivity index is 1.99. The van der Waals surface area contributed by atoms with E-state index in [1.54, 1.807) is 0 Å². The maximum atomic E-state index is 11.8. The summed E-state index contributed by atoms with van der Waals surface area (Å²) in [7, 11) is 0. The van der Waals surface area contributed by atoms with E-state index in [2.05, 4.69) is 0 Å². The zero-order valence-corrected chi connectivity index (χ0v) is 5.89. The normalized spacial score (nSPS) is 21.6. The molecule has 0 bridgehead atoms. The molecule has 3 heteroatoms. The molecule has 0 aliphatic heterocycles. The molecule has 1 aliphatic rings. The average molecular weight is 149 g/mol. The van der Waals surface area contributed by atoms with Crippen LogP contribution in [0.2, 0.25) is 0 Å². The highest BCUT2D eigenvalue weighted by atomic mass is 19.3. The fourth-order valence-corrected chi connectivity index (χ4v) is 0.961. The molecule has 1 rings (SSSR count). The molecule has 0 aromatic rings. The van der Waals surface area contributed by atoms with Gasteiger partial charge in [0.05, 0.1) is 6.04 Å². The Morgan fingerprint density at radius 2 is 2.00 bits per heavy atom. The summed E-state index contributed by atoms with van der Waals surface area (Å²) in [4.78, 5) is 0. The lowest BCUT2D eigenvalue weighted by Crippen LogP contribution is -2.28. The number of hydrogen-bond acceptors (Lipinski definition) is 1. The molecule has 1 nitrogen and oxygen atoms in total. The van der Waals surface area contributed by atoms with Gasteiger partial charge in [0.2, 0.25) is 0 Å². The Morgan fingerprint density at radius 3 is 2.40 bits per heavy atom. The molecule has 0 spiro atoms. The van der Waals surface area contributed by atoms with Crippen LogP contribution < -0.4 is 5.73 Å². The predicted molar refractivity (Wildman–Crippen MR) is 35.9 cm³/mol. The summed E-state index contributed by atoms with van der Waals surface area (Å²) in [5.41, 5.74) is 5.14. The van der Waals surface area contributed by atoms with Crippen molar-refractivity contribution in [1.82, 2.24) is 0 Å². The van der Waals surface area contributed by atoms with Crippen molar-refractivity contribution in [2.24, 2.45) is 11.7 Å². The molecule has 2 N–H and O–H groups in total. The summed E-state index contributed by atoms with van der Waals surface area (Å²) < 4.78 is 23.5. The van der Waals surface area contributed by atoms with Gasteiger partial charge in [-0.3, -0.25) is 0 Å². The van der Waals surface area contributed by atoms with Crippen molar-refractivity contribution in [2.75, 3.05) is 0 Å². The Labute approximate surface area is 59.6 Å². The zero-order chi connectivity index (χ0) is 7.56. The number of nitrogens with two attached hydrogens (primary N) is 1. The van der Waals surface area contributed by atoms with Crippen LogP contribution in [0.25, 0.3) is 0 Å². The summed E-state index contributed by atoms with van der Waals surface area (Å²) in [6.45, 7) is 0. The van der Waals surface area contributed by atoms with Crippen molar-refractivity contribution in [3.8, 4) is 0 Å². The SMILES string of the molecule is NC(CCC1CC1)C(F)F. The minimum Gasteiger partial charge on any atom is -0.323 e. The van der Waals surface area contributed by atoms with Crippen LogP contribution in [-0.2, 0) is 0 Å². The first-order valence-corrected chi connectivity index (χ1v) is 3.74. The molecule has 60 valence electrons. The highest BCUT2D eigenvalue weighted by molar-refractivity contribution is 4.76. The van der Waals surface area contributed by atoms with E-state index in [1.165, 1.54) is 12.8 Å². The molecule has 0 heterocycles. The Hall–Kier alpha value is -0.180. The fourth-order valence-electron chi connectivity index (χ4n) is 0.961. The van der Waals surface area contributed by atoms with Crippen LogP contribution >= 0.6 is 0 Å². The second kappa shape index (κ2) is 3.28. The van der Waals surface area contributed by atoms with Gasteiger partial charge in [-0.15, -0.1) is 0 Å². The predicted octanol–water partition coefficient (Wildman–Crippen LogP) is 1.77. The second-order valence-corrected chi connectivity index (χ2v) is 3.02. The molecule has 1 aliphatic carbocycles. The molecule has 0 saturated heterocycles. The van der Waals surface area contributed by atoms with Gasteiger partial charge in [0.1, 0.15) is 0 Å². The Kier molecular flexibility index (Phi) is 2.60. The van der Waals surface area contributed by atoms with E-state index in [4.69, 9.17) is 5.73 Å². The zero-order valence-electron chi connectivity index (χ0n) is 5.89. The van der Waals surface area contributed by atoms with E-state index in [9.17, 15) is 8.78 Å². The third-order valence-corrected chi connectivity index (χ3v) is 1.93. The molecule has 1 unspecified atom stereocenters. The second-order valence-electron chi connectivity index (χ2n) is 3.02. The van der Waals surface area contributed by atoms with Gasteiger partial charge in [-0.2, -0.15) is 0 Å². The van der Waals surface area contributed by atoms with Crippen molar-refractivity contribution in [3.05, 3.63) is 0 Å². The van der Waals surface area contributed by atoms with Crippen molar-refractivity contribution >= 4 is 0 Å². The molecule has 10 heavy (non-hydrogen) atoms. The summed E-state index contributed by atoms with van der Waals surface area (Å²) >= 11 is 0. The van der Waals surface area contributed by atoms with E-state index >= 15 is 0 Å². The Morgan fingerprint density at radius 1 is 1.40 bits per heavy atom. The van der Waals surface area contributed by atoms with Gasteiger partial charge >= 0.3 is 0 Å². The first-order chi connectivity index (χ1) is 4.70. The third-order valence-electron chi connectivity index (χ3n) is 1.93. The summed E-state index contributed by atoms with van der Waals surface area (Å²) in [5, 5.41) is 0. The molecule has 1 atom stereocenters. The standard InChI is InChI=1S/C7H13F2N/c8-7(9)6(10)4-3-5-1-2-5/h5-7H,1-4,10H2. The fraction of sp³-hybridized carbons (Fsp3) is 1.00. The Bertz CT molecular complexity index is 102. The maximum absolute atomic E-state index is 11.8. The molecular formula is C7H13F2N. The van der Waals surface area contributed by atoms with Crippen LogP contribution in [0.1, 0.15) is 25.7 Å². The average Bonchev–Trinajstić information content (AvgIpc) is 2.64. The molecule has 0 amide bonds. The quantitative estimate of drug-likeness (QED) is 0.647. The highest BCUT2D eigenvalue weighted by Gasteiger charge is 2.23. The summed E-state index contributed by atoms with van der Waals surface area (Å²) in [6.07, 6.45) is 1.48. The van der Waals surface area contributed by atoms with Gasteiger partial charge in [-0.25, -0.2) is 8.78 Å². The van der Waals surface area contributed by atoms with Crippen LogP contribution in [0.15, 0.2) is 0 Å². The van der Waals surface area contributed by atoms with Gasteiger partial charge in [0, 0.05) is 0 Å². The molecule has 1 fully saturated rings. The van der Waals surface area contributed by atoms with E-state index in [0.717, 1.165) is 6.42 Å². The van der Waals surface area contributed by atoms with Crippen LogP contribution in [-0.4, -0.2) is 12.5 Å². The minimum atomic E-state index is -2.33. The maximum Gasteiger partial charge on any atom is 0.253 e. The first-order valence-electron chi connectivity index (χ1n) is 3.74. The third kappa shape index (κ3) is 2.60. The summed E-state index contributed by atoms with van der Waals surface area (Å²) in [6, 6.07) is -0.888. The van der Waals surface area contributed by atoms with Crippen molar-refractivity contribution < 1.29 is 8.78 Å². The van der Waals surface area contributed by atoms with E-state index in [1.807, 2.05) is 0 Å². The molecule has 0 aromatic carbocycles. The lowest BCUT2D eigenvalue weighted by atomic mass is 10.1. The molecule has 1 saturated carbocycles. The smallest absolute Gasteiger partial charge is 0.253 e. The highest BCUT2D eigenvalue weighted by Crippen LogP contribution is 2.34. The van der Waals surface area contributed by atoms with Crippen LogP contribution in [0.3, 0.4) is 0 Å². The molecular weight excluding hydrogens is 136 g/mol. The molecule has 0 aromatic heterocycles. The largest absolute Gasteiger partial charge is 0.323 e. The van der Waals surface area contributed by atoms with E-state index in [0.29, 0.717) is 12.3 Å². The topological polar surface area (TPSA) is 26.0 Å². The molecule has 0 radical (unpaired) electrons. The number of rotatable bonds is 4. The van der Waals surface area contributed by atoms with Crippen molar-refractivity contribution in [3.63, 3.8) is 0 Å². The number of halogens is 2. The van der Waals surface area contributed by atoms with Crippen LogP contribution in [0, 0.1) is 5.92 Å². The van der Waals surface area contributed by atoms with Gasteiger partial charge in [0.15, 0.2) is 0 Å². The van der Waals surface area contributed by atoms with Crippen LogP contribution in [0.5, 0.6) is 0 Å². The van der Waals surface area contributed by atoms with Gasteiger partial charge in [-0.1, -0.05) is 12.8 Å². The summed E-state index contributed by atoms with van der Waals surface area (Å²) in [5.74, 6) is 0.713. The number of hydrogen-bond donors (Lipinski definition) is 1. The van der Waals surface area contributed by atoms with Gasteiger partial charge in [-0.05, 0) is 18.8 Å².